The Balaban J connectivity index is 1.08. The number of rotatable bonds is 10. The number of aliphatic hydroxyl groups excluding tert-OH is 9. The van der Waals surface area contributed by atoms with Gasteiger partial charge in [0.05, 0.1) is 30.1 Å². The maximum atomic E-state index is 15.2. The van der Waals surface area contributed by atoms with Gasteiger partial charge in [0.2, 0.25) is 6.29 Å². The number of ether oxygens (including phenoxy) is 6. The van der Waals surface area contributed by atoms with Gasteiger partial charge in [-0.2, -0.15) is 0 Å². The molecule has 8 rings (SSSR count). The molecule has 10 N–H and O–H groups in total. The Bertz CT molecular complexity index is 1900. The van der Waals surface area contributed by atoms with E-state index < -0.39 is 151 Å². The average molecular weight is 955 g/mol. The van der Waals surface area contributed by atoms with Crippen LogP contribution in [0.15, 0.2) is 12.2 Å². The molecular weight excluding hydrogens is 881 g/mol. The molecule has 0 aromatic rings. The number of carboxylic acids is 1. The van der Waals surface area contributed by atoms with E-state index in [1.54, 1.807) is 0 Å². The van der Waals surface area contributed by atoms with Crippen molar-refractivity contribution in [3.05, 3.63) is 12.2 Å². The Labute approximate surface area is 390 Å². The molecule has 24 unspecified atom stereocenters. The maximum Gasteiger partial charge on any atom is 0.314 e. The first-order chi connectivity index (χ1) is 31.3. The van der Waals surface area contributed by atoms with Gasteiger partial charge in [0.25, 0.3) is 0 Å². The minimum atomic E-state index is -2.00. The lowest BCUT2D eigenvalue weighted by molar-refractivity contribution is -0.362. The number of allylic oxidation sites excluding steroid dienone is 1. The van der Waals surface area contributed by atoms with Crippen molar-refractivity contribution >= 4 is 17.7 Å². The van der Waals surface area contributed by atoms with E-state index >= 15 is 4.79 Å². The molecule has 0 radical (unpaired) electrons. The summed E-state index contributed by atoms with van der Waals surface area (Å²) >= 11 is 0. The summed E-state index contributed by atoms with van der Waals surface area (Å²) in [7, 11) is 0. The van der Waals surface area contributed by atoms with Crippen molar-refractivity contribution in [3.8, 4) is 0 Å². The van der Waals surface area contributed by atoms with E-state index in [1.165, 1.54) is 6.92 Å². The van der Waals surface area contributed by atoms with Gasteiger partial charge in [-0.25, -0.2) is 0 Å². The number of esters is 1. The molecule has 3 heterocycles. The first-order valence-electron chi connectivity index (χ1n) is 24.3. The number of fused-ring (bicyclic) bond motifs is 7. The summed E-state index contributed by atoms with van der Waals surface area (Å²) in [6, 6.07) is 0. The van der Waals surface area contributed by atoms with Crippen molar-refractivity contribution < 1.29 is 93.9 Å². The standard InChI is InChI=1S/C48H74O19/c1-20(2)22-10-15-47(16-17-48(42(59)60)23(29(22)47)8-9-27-45(6)13-12-28(50)44(4,5)26(45)11-14-46(27,48)7)43(61)67-41-37(58)34(55)38(66-40-36(57)32(53)30(51)21(3)63-40)25(65-41)19-62-39-35(56)33(54)31(52)24(18-49)64-39/h21-27,29-41,49,51-58H,1,8-19H2,2-7H3,(H,59,60). The fourth-order valence-corrected chi connectivity index (χ4v) is 15.6. The molecule has 0 amide bonds. The Morgan fingerprint density at radius 1 is 0.716 bits per heavy atom. The maximum absolute atomic E-state index is 15.2. The van der Waals surface area contributed by atoms with E-state index in [9.17, 15) is 60.7 Å². The van der Waals surface area contributed by atoms with Crippen molar-refractivity contribution in [2.75, 3.05) is 13.2 Å². The highest BCUT2D eigenvalue weighted by Crippen LogP contribution is 2.77. The summed E-state index contributed by atoms with van der Waals surface area (Å²) in [6.07, 6.45) is -20.4. The molecule has 0 spiro atoms. The topological polar surface area (TPSA) is 309 Å². The van der Waals surface area contributed by atoms with Crippen molar-refractivity contribution in [2.24, 2.45) is 56.7 Å². The third-order valence-electron chi connectivity index (χ3n) is 19.2. The number of aliphatic carboxylic acids is 1. The predicted octanol–water partition coefficient (Wildman–Crippen LogP) is 0.297. The number of Topliss-reactive ketones (excluding diaryl/α,β-unsaturated/α-hetero) is 1. The van der Waals surface area contributed by atoms with Crippen molar-refractivity contribution in [2.45, 2.75) is 198 Å². The SMILES string of the molecule is C=C(C)C1CCC2(C(=O)OC3OC(COC4OC(CO)C(O)C(O)C4O)C(OC4OC(C)C(O)C(O)C4O)C(O)C3O)CCC3(C(=O)O)C(CCC4C5(C)CCC(=O)C(C)(C)C5CCC43C)C12. The smallest absolute Gasteiger partial charge is 0.314 e. The number of carboxylic acid groups (broad SMARTS) is 1. The first kappa shape index (κ1) is 51.2. The van der Waals surface area contributed by atoms with E-state index in [-0.39, 0.29) is 41.8 Å². The molecule has 380 valence electrons. The normalized spacial score (nSPS) is 52.8. The highest BCUT2D eigenvalue weighted by molar-refractivity contribution is 5.86. The molecule has 67 heavy (non-hydrogen) atoms. The van der Waals surface area contributed by atoms with Gasteiger partial charge in [0.15, 0.2) is 12.6 Å². The van der Waals surface area contributed by atoms with Crippen molar-refractivity contribution in [1.29, 1.82) is 0 Å². The molecule has 0 bridgehead atoms. The second kappa shape index (κ2) is 18.1. The van der Waals surface area contributed by atoms with E-state index in [0.717, 1.165) is 12.0 Å². The Morgan fingerprint density at radius 2 is 1.36 bits per heavy atom. The van der Waals surface area contributed by atoms with Crippen LogP contribution in [0.1, 0.15) is 106 Å². The summed E-state index contributed by atoms with van der Waals surface area (Å²) in [5, 5.41) is 108. The van der Waals surface area contributed by atoms with Gasteiger partial charge in [-0.3, -0.25) is 14.4 Å². The second-order valence-corrected chi connectivity index (χ2v) is 22.6. The van der Waals surface area contributed by atoms with E-state index in [1.807, 2.05) is 20.8 Å². The molecule has 3 aliphatic heterocycles. The number of hydrogen-bond acceptors (Lipinski definition) is 18. The van der Waals surface area contributed by atoms with Crippen LogP contribution in [0.3, 0.4) is 0 Å². The number of carbonyl (C=O) groups excluding carboxylic acids is 2. The molecule has 3 saturated heterocycles. The van der Waals surface area contributed by atoms with Gasteiger partial charge < -0.3 is 79.5 Å². The highest BCUT2D eigenvalue weighted by Gasteiger charge is 2.76. The van der Waals surface area contributed by atoms with Gasteiger partial charge in [-0.05, 0) is 112 Å². The molecule has 5 aliphatic carbocycles. The molecular formula is C48H74O19. The number of carbonyl (C=O) groups is 3. The fourth-order valence-electron chi connectivity index (χ4n) is 15.6. The summed E-state index contributed by atoms with van der Waals surface area (Å²) in [4.78, 5) is 42.8. The molecule has 19 nitrogen and oxygen atoms in total. The van der Waals surface area contributed by atoms with Crippen molar-refractivity contribution in [3.63, 3.8) is 0 Å². The average Bonchev–Trinajstić information content (AvgIpc) is 3.69. The second-order valence-electron chi connectivity index (χ2n) is 22.6. The van der Waals surface area contributed by atoms with E-state index in [2.05, 4.69) is 20.4 Å². The van der Waals surface area contributed by atoms with Crippen LogP contribution in [0.2, 0.25) is 0 Å². The van der Waals surface area contributed by atoms with Gasteiger partial charge in [0, 0.05) is 11.8 Å². The van der Waals surface area contributed by atoms with Crippen LogP contribution in [0, 0.1) is 56.7 Å². The van der Waals surface area contributed by atoms with Gasteiger partial charge in [-0.15, -0.1) is 0 Å². The van der Waals surface area contributed by atoms with Crippen LogP contribution < -0.4 is 0 Å². The Hall–Kier alpha value is -2.21. The zero-order valence-corrected chi connectivity index (χ0v) is 39.4. The summed E-state index contributed by atoms with van der Waals surface area (Å²) < 4.78 is 35.2. The number of ketones is 1. The molecule has 19 heteroatoms. The summed E-state index contributed by atoms with van der Waals surface area (Å²) in [5.74, 6) is -2.50. The summed E-state index contributed by atoms with van der Waals surface area (Å²) in [5.41, 5.74) is -3.12. The first-order valence-corrected chi connectivity index (χ1v) is 24.3. The van der Waals surface area contributed by atoms with Crippen LogP contribution in [0.4, 0.5) is 0 Å². The molecule has 0 aromatic carbocycles. The van der Waals surface area contributed by atoms with Gasteiger partial charge in [-0.1, -0.05) is 39.8 Å². The van der Waals surface area contributed by atoms with Crippen LogP contribution in [0.25, 0.3) is 0 Å². The number of hydrogen-bond donors (Lipinski definition) is 10. The molecule has 5 saturated carbocycles. The molecule has 24 atom stereocenters. The van der Waals surface area contributed by atoms with Crippen LogP contribution in [0.5, 0.6) is 0 Å². The lowest BCUT2D eigenvalue weighted by Gasteiger charge is -2.71. The third kappa shape index (κ3) is 7.71. The van der Waals surface area contributed by atoms with Crippen molar-refractivity contribution in [1.82, 2.24) is 0 Å². The van der Waals surface area contributed by atoms with E-state index in [4.69, 9.17) is 28.4 Å². The monoisotopic (exact) mass is 954 g/mol. The Kier molecular flexibility index (Phi) is 13.8. The van der Waals surface area contributed by atoms with Crippen LogP contribution in [-0.4, -0.2) is 174 Å². The minimum absolute atomic E-state index is 0.0174. The fraction of sp³-hybridized carbons (Fsp3) is 0.896. The van der Waals surface area contributed by atoms with Crippen LogP contribution >= 0.6 is 0 Å². The lowest BCUT2D eigenvalue weighted by atomic mass is 9.32. The zero-order chi connectivity index (χ0) is 49.1. The third-order valence-corrected chi connectivity index (χ3v) is 19.2. The zero-order valence-electron chi connectivity index (χ0n) is 39.4. The molecule has 8 aliphatic rings. The summed E-state index contributed by atoms with van der Waals surface area (Å²) in [6.45, 7) is 14.7. The highest BCUT2D eigenvalue weighted by atomic mass is 16.8. The quantitative estimate of drug-likeness (QED) is 0.104. The molecule has 8 fully saturated rings. The predicted molar refractivity (Wildman–Crippen MR) is 230 cm³/mol. The largest absolute Gasteiger partial charge is 0.481 e. The van der Waals surface area contributed by atoms with Crippen LogP contribution in [-0.2, 0) is 42.8 Å². The number of aliphatic hydroxyl groups is 9. The van der Waals surface area contributed by atoms with Gasteiger partial charge in [0.1, 0.15) is 72.9 Å². The van der Waals surface area contributed by atoms with Gasteiger partial charge >= 0.3 is 11.9 Å². The lowest BCUT2D eigenvalue weighted by Crippen LogP contribution is -2.69. The molecule has 0 aromatic heterocycles. The minimum Gasteiger partial charge on any atom is -0.481 e. The Morgan fingerprint density at radius 3 is 2.01 bits per heavy atom. The van der Waals surface area contributed by atoms with E-state index in [0.29, 0.717) is 44.9 Å².